The summed E-state index contributed by atoms with van der Waals surface area (Å²) in [5.74, 6) is 0. The van der Waals surface area contributed by atoms with E-state index in [0.717, 1.165) is 32.5 Å². The van der Waals surface area contributed by atoms with Crippen molar-refractivity contribution in [2.75, 3.05) is 13.2 Å². The van der Waals surface area contributed by atoms with Crippen LogP contribution in [0.15, 0.2) is 18.5 Å². The molecule has 1 rings (SSSR count). The van der Waals surface area contributed by atoms with E-state index < -0.39 is 0 Å². The van der Waals surface area contributed by atoms with Gasteiger partial charge in [0.25, 0.3) is 0 Å². The Hall–Kier alpha value is -0.800. The van der Waals surface area contributed by atoms with E-state index in [1.165, 1.54) is 12.0 Å². The van der Waals surface area contributed by atoms with E-state index in [0.29, 0.717) is 6.61 Å². The Kier molecular flexibility index (Phi) is 6.12. The summed E-state index contributed by atoms with van der Waals surface area (Å²) in [5.41, 5.74) is 1.34. The monoisotopic (exact) mass is 210 g/mol. The van der Waals surface area contributed by atoms with Crippen LogP contribution in [-0.4, -0.2) is 22.8 Å². The lowest BCUT2D eigenvalue weighted by molar-refractivity contribution is 0.283. The van der Waals surface area contributed by atoms with Gasteiger partial charge in [0.2, 0.25) is 0 Å². The zero-order valence-corrected chi connectivity index (χ0v) is 9.58. The molecule has 3 nitrogen and oxygen atoms in total. The summed E-state index contributed by atoms with van der Waals surface area (Å²) in [7, 11) is 0. The number of aromatic nitrogens is 1. The Morgan fingerprint density at radius 3 is 3.00 bits per heavy atom. The van der Waals surface area contributed by atoms with Crippen molar-refractivity contribution < 1.29 is 5.11 Å². The molecule has 3 heteroatoms. The SMILES string of the molecule is CCCn1ccc(CNCCCCO)c1. The van der Waals surface area contributed by atoms with Gasteiger partial charge >= 0.3 is 0 Å². The van der Waals surface area contributed by atoms with Gasteiger partial charge in [-0.2, -0.15) is 0 Å². The molecule has 0 saturated carbocycles. The number of unbranched alkanes of at least 4 members (excludes halogenated alkanes) is 1. The number of hydrogen-bond donors (Lipinski definition) is 2. The second-order valence-electron chi connectivity index (χ2n) is 3.87. The van der Waals surface area contributed by atoms with Gasteiger partial charge in [-0.3, -0.25) is 0 Å². The van der Waals surface area contributed by atoms with Crippen molar-refractivity contribution in [1.82, 2.24) is 9.88 Å². The Morgan fingerprint density at radius 1 is 1.40 bits per heavy atom. The Morgan fingerprint density at radius 2 is 2.27 bits per heavy atom. The standard InChI is InChI=1S/C12H22N2O/c1-2-7-14-8-5-12(11-14)10-13-6-3-4-9-15/h5,8,11,13,15H,2-4,6-7,9-10H2,1H3. The van der Waals surface area contributed by atoms with Crippen molar-refractivity contribution in [1.29, 1.82) is 0 Å². The van der Waals surface area contributed by atoms with Crippen molar-refractivity contribution in [2.24, 2.45) is 0 Å². The molecule has 2 N–H and O–H groups in total. The maximum Gasteiger partial charge on any atom is 0.0431 e. The van der Waals surface area contributed by atoms with E-state index in [2.05, 4.69) is 35.3 Å². The highest BCUT2D eigenvalue weighted by atomic mass is 16.2. The third-order valence-corrected chi connectivity index (χ3v) is 2.38. The molecule has 0 bridgehead atoms. The van der Waals surface area contributed by atoms with E-state index in [1.807, 2.05) is 0 Å². The van der Waals surface area contributed by atoms with Crippen LogP contribution < -0.4 is 5.32 Å². The van der Waals surface area contributed by atoms with Crippen molar-refractivity contribution in [3.05, 3.63) is 24.0 Å². The molecule has 0 spiro atoms. The molecule has 0 fully saturated rings. The molecule has 0 amide bonds. The average molecular weight is 210 g/mol. The zero-order valence-electron chi connectivity index (χ0n) is 9.58. The maximum atomic E-state index is 8.61. The highest BCUT2D eigenvalue weighted by molar-refractivity contribution is 5.09. The predicted molar refractivity (Wildman–Crippen MR) is 62.7 cm³/mol. The van der Waals surface area contributed by atoms with Gasteiger partial charge in [0.1, 0.15) is 0 Å². The molecule has 0 aliphatic carbocycles. The zero-order chi connectivity index (χ0) is 10.9. The lowest BCUT2D eigenvalue weighted by Gasteiger charge is -2.02. The summed E-state index contributed by atoms with van der Waals surface area (Å²) in [6.07, 6.45) is 7.45. The maximum absolute atomic E-state index is 8.61. The van der Waals surface area contributed by atoms with E-state index in [9.17, 15) is 0 Å². The fourth-order valence-electron chi connectivity index (χ4n) is 1.59. The van der Waals surface area contributed by atoms with Crippen LogP contribution in [0.4, 0.5) is 0 Å². The largest absolute Gasteiger partial charge is 0.396 e. The van der Waals surface area contributed by atoms with Crippen LogP contribution in [0.3, 0.4) is 0 Å². The fraction of sp³-hybridized carbons (Fsp3) is 0.667. The molecule has 15 heavy (non-hydrogen) atoms. The van der Waals surface area contributed by atoms with Gasteiger partial charge in [-0.25, -0.2) is 0 Å². The summed E-state index contributed by atoms with van der Waals surface area (Å²) >= 11 is 0. The molecular weight excluding hydrogens is 188 g/mol. The Balaban J connectivity index is 2.14. The van der Waals surface area contributed by atoms with Crippen LogP contribution in [0.5, 0.6) is 0 Å². The number of aliphatic hydroxyl groups is 1. The van der Waals surface area contributed by atoms with Crippen molar-refractivity contribution in [2.45, 2.75) is 39.3 Å². The van der Waals surface area contributed by atoms with Crippen molar-refractivity contribution in [3.8, 4) is 0 Å². The first-order chi connectivity index (χ1) is 7.36. The third-order valence-electron chi connectivity index (χ3n) is 2.38. The van der Waals surface area contributed by atoms with Gasteiger partial charge in [-0.05, 0) is 37.4 Å². The summed E-state index contributed by atoms with van der Waals surface area (Å²) in [4.78, 5) is 0. The van der Waals surface area contributed by atoms with Gasteiger partial charge in [-0.1, -0.05) is 6.92 Å². The van der Waals surface area contributed by atoms with Gasteiger partial charge in [0.15, 0.2) is 0 Å². The highest BCUT2D eigenvalue weighted by Crippen LogP contribution is 2.01. The molecule has 1 aromatic heterocycles. The molecule has 0 aliphatic rings. The lowest BCUT2D eigenvalue weighted by Crippen LogP contribution is -2.14. The number of nitrogens with zero attached hydrogens (tertiary/aromatic N) is 1. The van der Waals surface area contributed by atoms with Gasteiger partial charge in [0.05, 0.1) is 0 Å². The highest BCUT2D eigenvalue weighted by Gasteiger charge is 1.95. The van der Waals surface area contributed by atoms with Crippen molar-refractivity contribution in [3.63, 3.8) is 0 Å². The summed E-state index contributed by atoms with van der Waals surface area (Å²) in [6, 6.07) is 2.16. The fourth-order valence-corrected chi connectivity index (χ4v) is 1.59. The van der Waals surface area contributed by atoms with Gasteiger partial charge in [0, 0.05) is 32.1 Å². The minimum absolute atomic E-state index is 0.300. The molecule has 0 radical (unpaired) electrons. The molecule has 0 atom stereocenters. The topological polar surface area (TPSA) is 37.2 Å². The lowest BCUT2D eigenvalue weighted by atomic mass is 10.3. The molecule has 0 aliphatic heterocycles. The van der Waals surface area contributed by atoms with Crippen LogP contribution in [-0.2, 0) is 13.1 Å². The second kappa shape index (κ2) is 7.49. The minimum atomic E-state index is 0.300. The number of nitrogens with one attached hydrogen (secondary N) is 1. The molecule has 1 aromatic rings. The first-order valence-corrected chi connectivity index (χ1v) is 5.83. The normalized spacial score (nSPS) is 10.8. The second-order valence-corrected chi connectivity index (χ2v) is 3.87. The van der Waals surface area contributed by atoms with Crippen LogP contribution in [0, 0.1) is 0 Å². The molecule has 0 aromatic carbocycles. The minimum Gasteiger partial charge on any atom is -0.396 e. The quantitative estimate of drug-likeness (QED) is 0.642. The summed E-state index contributed by atoms with van der Waals surface area (Å²) in [5, 5.41) is 12.0. The van der Waals surface area contributed by atoms with Crippen LogP contribution >= 0.6 is 0 Å². The molecule has 0 unspecified atom stereocenters. The molecule has 0 saturated heterocycles. The van der Waals surface area contributed by atoms with E-state index >= 15 is 0 Å². The van der Waals surface area contributed by atoms with Gasteiger partial charge < -0.3 is 15.0 Å². The third kappa shape index (κ3) is 5.00. The number of rotatable bonds is 8. The first kappa shape index (κ1) is 12.3. The summed E-state index contributed by atoms with van der Waals surface area (Å²) < 4.78 is 2.23. The molecule has 86 valence electrons. The summed E-state index contributed by atoms with van der Waals surface area (Å²) in [6.45, 7) is 5.51. The molecular formula is C12H22N2O. The van der Waals surface area contributed by atoms with E-state index in [1.54, 1.807) is 0 Å². The van der Waals surface area contributed by atoms with Crippen LogP contribution in [0.2, 0.25) is 0 Å². The van der Waals surface area contributed by atoms with Crippen LogP contribution in [0.25, 0.3) is 0 Å². The Bertz CT molecular complexity index is 258. The number of hydrogen-bond acceptors (Lipinski definition) is 2. The Labute approximate surface area is 92.1 Å². The number of aryl methyl sites for hydroxylation is 1. The van der Waals surface area contributed by atoms with Gasteiger partial charge in [-0.15, -0.1) is 0 Å². The number of aliphatic hydroxyl groups excluding tert-OH is 1. The predicted octanol–water partition coefficient (Wildman–Crippen LogP) is 1.76. The van der Waals surface area contributed by atoms with E-state index in [4.69, 9.17) is 5.11 Å². The van der Waals surface area contributed by atoms with Crippen LogP contribution in [0.1, 0.15) is 31.7 Å². The first-order valence-electron chi connectivity index (χ1n) is 5.83. The average Bonchev–Trinajstić information content (AvgIpc) is 2.66. The van der Waals surface area contributed by atoms with Crippen molar-refractivity contribution >= 4 is 0 Å². The molecule has 1 heterocycles. The smallest absolute Gasteiger partial charge is 0.0431 e. The van der Waals surface area contributed by atoms with E-state index in [-0.39, 0.29) is 0 Å².